The molecule has 0 spiro atoms. The number of sulfonamides is 1. The molecule has 1 aliphatic carbocycles. The van der Waals surface area contributed by atoms with Gasteiger partial charge < -0.3 is 0 Å². The Morgan fingerprint density at radius 1 is 1.31 bits per heavy atom. The van der Waals surface area contributed by atoms with Crippen molar-refractivity contribution in [1.82, 2.24) is 4.72 Å². The third-order valence-corrected chi connectivity index (χ3v) is 5.50. The van der Waals surface area contributed by atoms with Crippen LogP contribution in [0.1, 0.15) is 12.8 Å². The molecule has 0 atom stereocenters. The maximum atomic E-state index is 12.0. The van der Waals surface area contributed by atoms with Crippen molar-refractivity contribution in [3.63, 3.8) is 0 Å². The van der Waals surface area contributed by atoms with E-state index in [-0.39, 0.29) is 10.4 Å². The molecule has 3 nitrogen and oxygen atoms in total. The number of rotatable bonds is 4. The predicted octanol–water partition coefficient (Wildman–Crippen LogP) is 2.55. The first-order chi connectivity index (χ1) is 7.47. The summed E-state index contributed by atoms with van der Waals surface area (Å²) in [5, 5.41) is 1.17. The van der Waals surface area contributed by atoms with Crippen LogP contribution in [0.5, 0.6) is 0 Å². The SMILES string of the molecule is O=S(=O)(NC1(CBr)CC1)c1ccc(Cl)cc1. The van der Waals surface area contributed by atoms with Crippen LogP contribution in [-0.2, 0) is 10.0 Å². The molecule has 0 bridgehead atoms. The van der Waals surface area contributed by atoms with E-state index in [0.29, 0.717) is 10.4 Å². The quantitative estimate of drug-likeness (QED) is 0.865. The van der Waals surface area contributed by atoms with Gasteiger partial charge in [-0.25, -0.2) is 13.1 Å². The molecule has 16 heavy (non-hydrogen) atoms. The van der Waals surface area contributed by atoms with Crippen molar-refractivity contribution in [2.75, 3.05) is 5.33 Å². The van der Waals surface area contributed by atoms with Gasteiger partial charge in [-0.15, -0.1) is 0 Å². The van der Waals surface area contributed by atoms with E-state index in [1.54, 1.807) is 12.1 Å². The average molecular weight is 325 g/mol. The molecule has 1 N–H and O–H groups in total. The lowest BCUT2D eigenvalue weighted by molar-refractivity contribution is 0.561. The van der Waals surface area contributed by atoms with Gasteiger partial charge in [0.2, 0.25) is 10.0 Å². The van der Waals surface area contributed by atoms with E-state index in [9.17, 15) is 8.42 Å². The molecule has 0 heterocycles. The van der Waals surface area contributed by atoms with E-state index in [1.165, 1.54) is 12.1 Å². The molecule has 1 aromatic rings. The summed E-state index contributed by atoms with van der Waals surface area (Å²) in [5.74, 6) is 0. The zero-order valence-corrected chi connectivity index (χ0v) is 11.6. The van der Waals surface area contributed by atoms with Crippen LogP contribution in [0.25, 0.3) is 0 Å². The molecule has 6 heteroatoms. The lowest BCUT2D eigenvalue weighted by atomic mass is 10.4. The number of nitrogens with one attached hydrogen (secondary N) is 1. The van der Waals surface area contributed by atoms with Crippen molar-refractivity contribution in [3.8, 4) is 0 Å². The normalized spacial score (nSPS) is 18.4. The summed E-state index contributed by atoms with van der Waals surface area (Å²) in [6, 6.07) is 6.16. The maximum Gasteiger partial charge on any atom is 0.241 e. The van der Waals surface area contributed by atoms with Crippen LogP contribution in [0.3, 0.4) is 0 Å². The Bertz CT molecular complexity index is 482. The highest BCUT2D eigenvalue weighted by Gasteiger charge is 2.45. The van der Waals surface area contributed by atoms with Crippen LogP contribution < -0.4 is 4.72 Å². The Kier molecular flexibility index (Phi) is 3.32. The Hall–Kier alpha value is -0.100. The lowest BCUT2D eigenvalue weighted by Gasteiger charge is -2.14. The van der Waals surface area contributed by atoms with E-state index < -0.39 is 10.0 Å². The zero-order valence-electron chi connectivity index (χ0n) is 8.41. The number of hydrogen-bond donors (Lipinski definition) is 1. The van der Waals surface area contributed by atoms with Crippen LogP contribution in [0.15, 0.2) is 29.2 Å². The molecular weight excluding hydrogens is 314 g/mol. The fraction of sp³-hybridized carbons (Fsp3) is 0.400. The van der Waals surface area contributed by atoms with Gasteiger partial charge in [0.05, 0.1) is 4.90 Å². The third-order valence-electron chi connectivity index (χ3n) is 2.58. The minimum Gasteiger partial charge on any atom is -0.207 e. The highest BCUT2D eigenvalue weighted by atomic mass is 79.9. The first-order valence-electron chi connectivity index (χ1n) is 4.83. The Morgan fingerprint density at radius 3 is 2.31 bits per heavy atom. The summed E-state index contributed by atoms with van der Waals surface area (Å²) in [7, 11) is -3.42. The monoisotopic (exact) mass is 323 g/mol. The fourth-order valence-corrected chi connectivity index (χ4v) is 3.84. The summed E-state index contributed by atoms with van der Waals surface area (Å²) in [6.07, 6.45) is 1.76. The van der Waals surface area contributed by atoms with E-state index in [2.05, 4.69) is 20.7 Å². The van der Waals surface area contributed by atoms with E-state index in [0.717, 1.165) is 12.8 Å². The van der Waals surface area contributed by atoms with Crippen LogP contribution in [0.4, 0.5) is 0 Å². The molecular formula is C10H11BrClNO2S. The second kappa shape index (κ2) is 4.29. The maximum absolute atomic E-state index is 12.0. The molecule has 1 fully saturated rings. The van der Waals surface area contributed by atoms with Gasteiger partial charge in [0.1, 0.15) is 0 Å². The van der Waals surface area contributed by atoms with E-state index in [1.807, 2.05) is 0 Å². The topological polar surface area (TPSA) is 46.2 Å². The molecule has 0 aliphatic heterocycles. The zero-order chi connectivity index (χ0) is 11.8. The summed E-state index contributed by atoms with van der Waals surface area (Å²) in [5.41, 5.74) is -0.279. The second-order valence-corrected chi connectivity index (χ2v) is 6.65. The van der Waals surface area contributed by atoms with Crippen LogP contribution in [0.2, 0.25) is 5.02 Å². The Balaban J connectivity index is 2.22. The van der Waals surface area contributed by atoms with Crippen molar-refractivity contribution in [3.05, 3.63) is 29.3 Å². The van der Waals surface area contributed by atoms with Crippen LogP contribution in [0, 0.1) is 0 Å². The van der Waals surface area contributed by atoms with E-state index in [4.69, 9.17) is 11.6 Å². The Morgan fingerprint density at radius 2 is 1.88 bits per heavy atom. The molecule has 88 valence electrons. The molecule has 1 saturated carbocycles. The largest absolute Gasteiger partial charge is 0.241 e. The highest BCUT2D eigenvalue weighted by molar-refractivity contribution is 9.09. The molecule has 0 saturated heterocycles. The van der Waals surface area contributed by atoms with Crippen molar-refractivity contribution in [1.29, 1.82) is 0 Å². The van der Waals surface area contributed by atoms with Gasteiger partial charge in [0.15, 0.2) is 0 Å². The molecule has 0 radical (unpaired) electrons. The standard InChI is InChI=1S/C10H11BrClNO2S/c11-7-10(5-6-10)13-16(14,15)9-3-1-8(12)2-4-9/h1-4,13H,5-7H2. The van der Waals surface area contributed by atoms with Crippen molar-refractivity contribution in [2.45, 2.75) is 23.3 Å². The molecule has 2 rings (SSSR count). The minimum absolute atomic E-state index is 0.254. The van der Waals surface area contributed by atoms with Gasteiger partial charge in [-0.2, -0.15) is 0 Å². The number of hydrogen-bond acceptors (Lipinski definition) is 2. The molecule has 1 aliphatic rings. The van der Waals surface area contributed by atoms with Gasteiger partial charge >= 0.3 is 0 Å². The predicted molar refractivity (Wildman–Crippen MR) is 67.5 cm³/mol. The fourth-order valence-electron chi connectivity index (χ4n) is 1.37. The summed E-state index contributed by atoms with van der Waals surface area (Å²) >= 11 is 9.03. The smallest absolute Gasteiger partial charge is 0.207 e. The van der Waals surface area contributed by atoms with Gasteiger partial charge in [0.25, 0.3) is 0 Å². The molecule has 0 aromatic heterocycles. The summed E-state index contributed by atoms with van der Waals surface area (Å²) in [6.45, 7) is 0. The van der Waals surface area contributed by atoms with Crippen LogP contribution >= 0.6 is 27.5 Å². The third kappa shape index (κ3) is 2.59. The highest BCUT2D eigenvalue weighted by Crippen LogP contribution is 2.38. The van der Waals surface area contributed by atoms with Gasteiger partial charge in [-0.1, -0.05) is 27.5 Å². The van der Waals surface area contributed by atoms with Gasteiger partial charge in [0, 0.05) is 15.9 Å². The first-order valence-corrected chi connectivity index (χ1v) is 7.81. The first kappa shape index (κ1) is 12.4. The van der Waals surface area contributed by atoms with Crippen molar-refractivity contribution < 1.29 is 8.42 Å². The van der Waals surface area contributed by atoms with E-state index >= 15 is 0 Å². The lowest BCUT2D eigenvalue weighted by Crippen LogP contribution is -2.37. The van der Waals surface area contributed by atoms with Crippen molar-refractivity contribution in [2.24, 2.45) is 0 Å². The number of halogens is 2. The Labute approximate surface area is 108 Å². The second-order valence-electron chi connectivity index (χ2n) is 3.97. The number of benzene rings is 1. The number of alkyl halides is 1. The molecule has 1 aromatic carbocycles. The van der Waals surface area contributed by atoms with Gasteiger partial charge in [-0.05, 0) is 37.1 Å². The molecule has 0 unspecified atom stereocenters. The average Bonchev–Trinajstić information content (AvgIpc) is 2.98. The summed E-state index contributed by atoms with van der Waals surface area (Å²) < 4.78 is 26.7. The van der Waals surface area contributed by atoms with Gasteiger partial charge in [-0.3, -0.25) is 0 Å². The molecule has 0 amide bonds. The minimum atomic E-state index is -3.42. The summed E-state index contributed by atoms with van der Waals surface area (Å²) in [4.78, 5) is 0.254. The van der Waals surface area contributed by atoms with Crippen molar-refractivity contribution >= 4 is 37.6 Å². The van der Waals surface area contributed by atoms with Crippen LogP contribution in [-0.4, -0.2) is 19.3 Å².